The molecule has 0 aromatic heterocycles. The Labute approximate surface area is 91.2 Å². The summed E-state index contributed by atoms with van der Waals surface area (Å²) >= 11 is 0. The van der Waals surface area contributed by atoms with Crippen LogP contribution in [0.2, 0.25) is 0 Å². The summed E-state index contributed by atoms with van der Waals surface area (Å²) in [5.41, 5.74) is 0. The molecule has 0 spiro atoms. The third-order valence-electron chi connectivity index (χ3n) is 1.65. The summed E-state index contributed by atoms with van der Waals surface area (Å²) in [5, 5.41) is 35.6. The first kappa shape index (κ1) is 14.3. The number of amidine groups is 1. The number of rotatable bonds is 3. The number of aliphatic hydroxyl groups excluding tert-OH is 2. The first-order valence-electron chi connectivity index (χ1n) is 4.43. The molecular weight excluding hydrogens is 220 g/mol. The zero-order valence-electron chi connectivity index (χ0n) is 8.62. The molecule has 1 aliphatic rings. The highest BCUT2D eigenvalue weighted by molar-refractivity contribution is 5.83. The SMILES string of the molecule is CC1=NCCN1.O=C(O)C(O)C(O)C(=O)O. The highest BCUT2D eigenvalue weighted by atomic mass is 16.4. The van der Waals surface area contributed by atoms with Crippen molar-refractivity contribution in [1.29, 1.82) is 0 Å². The molecule has 0 aromatic rings. The van der Waals surface area contributed by atoms with Gasteiger partial charge >= 0.3 is 11.9 Å². The number of nitrogens with one attached hydrogen (secondary N) is 1. The average Bonchev–Trinajstić information content (AvgIpc) is 2.67. The fourth-order valence-electron chi connectivity index (χ4n) is 0.786. The Morgan fingerprint density at radius 1 is 1.25 bits per heavy atom. The van der Waals surface area contributed by atoms with Gasteiger partial charge in [-0.2, -0.15) is 0 Å². The van der Waals surface area contributed by atoms with Gasteiger partial charge in [-0.1, -0.05) is 0 Å². The molecule has 0 aromatic carbocycles. The first-order chi connectivity index (χ1) is 7.36. The van der Waals surface area contributed by atoms with E-state index in [1.165, 1.54) is 0 Å². The molecule has 0 fully saturated rings. The molecule has 2 atom stereocenters. The Morgan fingerprint density at radius 3 is 1.81 bits per heavy atom. The summed E-state index contributed by atoms with van der Waals surface area (Å²) in [7, 11) is 0. The van der Waals surface area contributed by atoms with Gasteiger partial charge in [-0.15, -0.1) is 0 Å². The summed E-state index contributed by atoms with van der Waals surface area (Å²) in [6.45, 7) is 3.98. The van der Waals surface area contributed by atoms with Crippen molar-refractivity contribution in [3.8, 4) is 0 Å². The largest absolute Gasteiger partial charge is 0.479 e. The molecule has 1 heterocycles. The number of aliphatic imine (C=N–C) groups is 1. The molecule has 0 radical (unpaired) electrons. The lowest BCUT2D eigenvalue weighted by Crippen LogP contribution is -2.39. The lowest BCUT2D eigenvalue weighted by atomic mass is 10.2. The third-order valence-corrected chi connectivity index (χ3v) is 1.65. The van der Waals surface area contributed by atoms with Gasteiger partial charge < -0.3 is 25.7 Å². The summed E-state index contributed by atoms with van der Waals surface area (Å²) in [6.07, 6.45) is -4.53. The second kappa shape index (κ2) is 6.75. The van der Waals surface area contributed by atoms with Crippen LogP contribution in [0.4, 0.5) is 0 Å². The van der Waals surface area contributed by atoms with Gasteiger partial charge in [0.05, 0.1) is 12.4 Å². The van der Waals surface area contributed by atoms with E-state index in [1.54, 1.807) is 0 Å². The molecule has 0 amide bonds. The van der Waals surface area contributed by atoms with Gasteiger partial charge in [0.25, 0.3) is 0 Å². The number of nitrogens with zero attached hydrogens (tertiary/aromatic N) is 1. The van der Waals surface area contributed by atoms with Gasteiger partial charge in [0, 0.05) is 6.54 Å². The van der Waals surface area contributed by atoms with E-state index in [4.69, 9.17) is 20.4 Å². The topological polar surface area (TPSA) is 139 Å². The Bertz CT molecular complexity index is 272. The molecule has 92 valence electrons. The van der Waals surface area contributed by atoms with Crippen LogP contribution in [0.1, 0.15) is 6.92 Å². The standard InChI is InChI=1S/C4H8N2.C4H6O6/c1-4-5-2-3-6-4;5-1(3(7)8)2(6)4(9)10/h2-3H2,1H3,(H,5,6);1-2,5-6H,(H,7,8)(H,9,10). The Balaban J connectivity index is 0.000000315. The van der Waals surface area contributed by atoms with Crippen LogP contribution in [0.3, 0.4) is 0 Å². The summed E-state index contributed by atoms with van der Waals surface area (Å²) in [5.74, 6) is -2.46. The number of hydrogen-bond acceptors (Lipinski definition) is 6. The van der Waals surface area contributed by atoms with Gasteiger partial charge in [-0.3, -0.25) is 4.99 Å². The van der Waals surface area contributed by atoms with Crippen LogP contribution in [-0.4, -0.2) is 63.5 Å². The lowest BCUT2D eigenvalue weighted by Gasteiger charge is -2.07. The minimum atomic E-state index is -2.27. The third kappa shape index (κ3) is 5.27. The quantitative estimate of drug-likeness (QED) is 0.376. The van der Waals surface area contributed by atoms with Crippen molar-refractivity contribution in [1.82, 2.24) is 5.32 Å². The zero-order valence-corrected chi connectivity index (χ0v) is 8.62. The molecule has 8 heteroatoms. The number of carboxylic acid groups (broad SMARTS) is 2. The minimum Gasteiger partial charge on any atom is -0.479 e. The second-order valence-electron chi connectivity index (χ2n) is 2.96. The van der Waals surface area contributed by atoms with E-state index in [0.717, 1.165) is 18.9 Å². The Kier molecular flexibility index (Phi) is 6.04. The van der Waals surface area contributed by atoms with E-state index in [9.17, 15) is 9.59 Å². The molecule has 2 unspecified atom stereocenters. The Morgan fingerprint density at radius 2 is 1.69 bits per heavy atom. The van der Waals surface area contributed by atoms with E-state index in [2.05, 4.69) is 10.3 Å². The highest BCUT2D eigenvalue weighted by Gasteiger charge is 2.29. The number of aliphatic hydroxyl groups is 2. The molecule has 1 rings (SSSR count). The first-order valence-corrected chi connectivity index (χ1v) is 4.43. The van der Waals surface area contributed by atoms with Gasteiger partial charge in [0.15, 0.2) is 12.2 Å². The van der Waals surface area contributed by atoms with Crippen LogP contribution in [0.25, 0.3) is 0 Å². The highest BCUT2D eigenvalue weighted by Crippen LogP contribution is 1.92. The van der Waals surface area contributed by atoms with Crippen molar-refractivity contribution in [2.75, 3.05) is 13.1 Å². The van der Waals surface area contributed by atoms with Crippen LogP contribution in [-0.2, 0) is 9.59 Å². The monoisotopic (exact) mass is 234 g/mol. The van der Waals surface area contributed by atoms with Crippen LogP contribution >= 0.6 is 0 Å². The number of carbonyl (C=O) groups is 2. The molecular formula is C8H14N2O6. The van der Waals surface area contributed by atoms with Gasteiger partial charge in [0.1, 0.15) is 0 Å². The summed E-state index contributed by atoms with van der Waals surface area (Å²) < 4.78 is 0. The fraction of sp³-hybridized carbons (Fsp3) is 0.625. The minimum absolute atomic E-state index is 0.964. The molecule has 0 bridgehead atoms. The molecule has 0 saturated heterocycles. The summed E-state index contributed by atoms with van der Waals surface area (Å²) in [6, 6.07) is 0. The van der Waals surface area contributed by atoms with Crippen molar-refractivity contribution < 1.29 is 30.0 Å². The number of carboxylic acids is 2. The van der Waals surface area contributed by atoms with E-state index >= 15 is 0 Å². The van der Waals surface area contributed by atoms with Crippen LogP contribution in [0.15, 0.2) is 4.99 Å². The van der Waals surface area contributed by atoms with E-state index in [1.807, 2.05) is 6.92 Å². The summed E-state index contributed by atoms with van der Waals surface area (Å²) in [4.78, 5) is 23.6. The van der Waals surface area contributed by atoms with Gasteiger partial charge in [-0.05, 0) is 6.92 Å². The molecule has 0 aliphatic carbocycles. The maximum Gasteiger partial charge on any atom is 0.335 e. The van der Waals surface area contributed by atoms with Gasteiger partial charge in [0.2, 0.25) is 0 Å². The van der Waals surface area contributed by atoms with Crippen LogP contribution in [0.5, 0.6) is 0 Å². The molecule has 1 aliphatic heterocycles. The number of aliphatic carboxylic acids is 2. The van der Waals surface area contributed by atoms with Crippen molar-refractivity contribution in [3.63, 3.8) is 0 Å². The predicted octanol–water partition coefficient (Wildman–Crippen LogP) is -2.11. The van der Waals surface area contributed by atoms with Crippen LogP contribution in [0, 0.1) is 0 Å². The molecule has 8 nitrogen and oxygen atoms in total. The average molecular weight is 234 g/mol. The fourth-order valence-corrected chi connectivity index (χ4v) is 0.786. The Hall–Kier alpha value is -1.67. The second-order valence-corrected chi connectivity index (χ2v) is 2.96. The van der Waals surface area contributed by atoms with Crippen molar-refractivity contribution in [2.24, 2.45) is 4.99 Å². The number of hydrogen-bond donors (Lipinski definition) is 5. The maximum absolute atomic E-state index is 9.77. The maximum atomic E-state index is 9.77. The molecule has 5 N–H and O–H groups in total. The normalized spacial score (nSPS) is 17.3. The van der Waals surface area contributed by atoms with Crippen molar-refractivity contribution in [2.45, 2.75) is 19.1 Å². The lowest BCUT2D eigenvalue weighted by molar-refractivity contribution is -0.165. The van der Waals surface area contributed by atoms with Crippen molar-refractivity contribution >= 4 is 17.8 Å². The van der Waals surface area contributed by atoms with E-state index in [0.29, 0.717) is 0 Å². The molecule has 16 heavy (non-hydrogen) atoms. The van der Waals surface area contributed by atoms with E-state index in [-0.39, 0.29) is 0 Å². The van der Waals surface area contributed by atoms with Crippen molar-refractivity contribution in [3.05, 3.63) is 0 Å². The molecule has 0 saturated carbocycles. The predicted molar refractivity (Wildman–Crippen MR) is 53.3 cm³/mol. The van der Waals surface area contributed by atoms with Gasteiger partial charge in [-0.25, -0.2) is 9.59 Å². The van der Waals surface area contributed by atoms with Crippen LogP contribution < -0.4 is 5.32 Å². The smallest absolute Gasteiger partial charge is 0.335 e. The zero-order chi connectivity index (χ0) is 12.7. The van der Waals surface area contributed by atoms with E-state index < -0.39 is 24.1 Å².